The minimum atomic E-state index is 0.560. The molecule has 1 aliphatic heterocycles. The quantitative estimate of drug-likeness (QED) is 0.743. The first kappa shape index (κ1) is 11.6. The zero-order chi connectivity index (χ0) is 11.5. The fraction of sp³-hybridized carbons (Fsp3) is 0.667. The highest BCUT2D eigenvalue weighted by molar-refractivity contribution is 6.30. The standard InChI is InChI=1S/C12H18ClN3/c1-3-10-11(13)14-8-15-12(10)16-7-5-4-6-9(16)2/h8-9H,3-7H2,1-2H3. The normalized spacial score (nSPS) is 21.2. The Kier molecular flexibility index (Phi) is 3.64. The van der Waals surface area contributed by atoms with E-state index < -0.39 is 0 Å². The van der Waals surface area contributed by atoms with Gasteiger partial charge in [0.2, 0.25) is 0 Å². The summed E-state index contributed by atoms with van der Waals surface area (Å²) < 4.78 is 0. The molecule has 0 amide bonds. The number of piperidine rings is 1. The topological polar surface area (TPSA) is 29.0 Å². The van der Waals surface area contributed by atoms with Gasteiger partial charge >= 0.3 is 0 Å². The average molecular weight is 240 g/mol. The highest BCUT2D eigenvalue weighted by Gasteiger charge is 2.22. The highest BCUT2D eigenvalue weighted by atomic mass is 35.5. The molecule has 1 saturated heterocycles. The maximum absolute atomic E-state index is 6.12. The van der Waals surface area contributed by atoms with Crippen LogP contribution in [0.25, 0.3) is 0 Å². The van der Waals surface area contributed by atoms with Crippen LogP contribution in [0.5, 0.6) is 0 Å². The molecular formula is C12H18ClN3. The van der Waals surface area contributed by atoms with Crippen LogP contribution >= 0.6 is 11.6 Å². The minimum Gasteiger partial charge on any atom is -0.354 e. The smallest absolute Gasteiger partial charge is 0.137 e. The van der Waals surface area contributed by atoms with Crippen LogP contribution in [-0.2, 0) is 6.42 Å². The van der Waals surface area contributed by atoms with Gasteiger partial charge in [-0.25, -0.2) is 9.97 Å². The molecule has 1 aliphatic rings. The Bertz CT molecular complexity index is 367. The van der Waals surface area contributed by atoms with Gasteiger partial charge in [0.05, 0.1) is 0 Å². The molecule has 1 unspecified atom stereocenters. The van der Waals surface area contributed by atoms with E-state index in [4.69, 9.17) is 11.6 Å². The number of rotatable bonds is 2. The monoisotopic (exact) mass is 239 g/mol. The predicted octanol–water partition coefficient (Wildman–Crippen LogP) is 3.07. The van der Waals surface area contributed by atoms with E-state index in [1.165, 1.54) is 19.3 Å². The van der Waals surface area contributed by atoms with Crippen molar-refractivity contribution in [1.82, 2.24) is 9.97 Å². The van der Waals surface area contributed by atoms with Crippen molar-refractivity contribution in [3.05, 3.63) is 17.0 Å². The second-order valence-corrected chi connectivity index (χ2v) is 4.72. The summed E-state index contributed by atoms with van der Waals surface area (Å²) in [4.78, 5) is 10.8. The van der Waals surface area contributed by atoms with Gasteiger partial charge in [0.1, 0.15) is 17.3 Å². The van der Waals surface area contributed by atoms with Gasteiger partial charge in [-0.05, 0) is 32.6 Å². The second kappa shape index (κ2) is 5.00. The zero-order valence-electron chi connectivity index (χ0n) is 9.91. The zero-order valence-corrected chi connectivity index (χ0v) is 10.7. The summed E-state index contributed by atoms with van der Waals surface area (Å²) in [5, 5.41) is 0.602. The first-order chi connectivity index (χ1) is 7.74. The highest BCUT2D eigenvalue weighted by Crippen LogP contribution is 2.28. The summed E-state index contributed by atoms with van der Waals surface area (Å²) in [6.07, 6.45) is 6.26. The van der Waals surface area contributed by atoms with Crippen LogP contribution < -0.4 is 4.90 Å². The number of aromatic nitrogens is 2. The van der Waals surface area contributed by atoms with Gasteiger partial charge in [0.25, 0.3) is 0 Å². The lowest BCUT2D eigenvalue weighted by Crippen LogP contribution is -2.38. The van der Waals surface area contributed by atoms with Gasteiger partial charge in [0.15, 0.2) is 0 Å². The second-order valence-electron chi connectivity index (χ2n) is 4.36. The van der Waals surface area contributed by atoms with Crippen molar-refractivity contribution in [3.8, 4) is 0 Å². The first-order valence-electron chi connectivity index (χ1n) is 6.00. The Morgan fingerprint density at radius 3 is 2.94 bits per heavy atom. The molecule has 1 atom stereocenters. The SMILES string of the molecule is CCc1c(Cl)ncnc1N1CCCCC1C. The number of halogens is 1. The third-order valence-corrected chi connectivity index (χ3v) is 3.62. The summed E-state index contributed by atoms with van der Waals surface area (Å²) in [5.74, 6) is 1.04. The lowest BCUT2D eigenvalue weighted by molar-refractivity contribution is 0.479. The third-order valence-electron chi connectivity index (χ3n) is 3.30. The number of hydrogen-bond donors (Lipinski definition) is 0. The molecule has 0 N–H and O–H groups in total. The molecule has 3 nitrogen and oxygen atoms in total. The lowest BCUT2D eigenvalue weighted by Gasteiger charge is -2.35. The Balaban J connectivity index is 2.34. The molecule has 1 aromatic heterocycles. The van der Waals surface area contributed by atoms with Crippen LogP contribution in [0.15, 0.2) is 6.33 Å². The summed E-state index contributed by atoms with van der Waals surface area (Å²) in [6.45, 7) is 5.44. The molecule has 88 valence electrons. The van der Waals surface area contributed by atoms with Crippen LogP contribution in [0.4, 0.5) is 5.82 Å². The molecule has 2 heterocycles. The largest absolute Gasteiger partial charge is 0.354 e. The Labute approximate surface area is 102 Å². The maximum atomic E-state index is 6.12. The summed E-state index contributed by atoms with van der Waals surface area (Å²) in [5.41, 5.74) is 1.08. The number of nitrogens with zero attached hydrogens (tertiary/aromatic N) is 3. The van der Waals surface area contributed by atoms with Crippen LogP contribution in [0.2, 0.25) is 5.15 Å². The van der Waals surface area contributed by atoms with Gasteiger partial charge in [-0.15, -0.1) is 0 Å². The molecule has 0 spiro atoms. The molecule has 0 aliphatic carbocycles. The lowest BCUT2D eigenvalue weighted by atomic mass is 10.0. The van der Waals surface area contributed by atoms with Crippen LogP contribution in [-0.4, -0.2) is 22.6 Å². The van der Waals surface area contributed by atoms with E-state index in [0.717, 1.165) is 24.3 Å². The summed E-state index contributed by atoms with van der Waals surface area (Å²) in [7, 11) is 0. The Morgan fingerprint density at radius 1 is 1.44 bits per heavy atom. The van der Waals surface area contributed by atoms with Crippen molar-refractivity contribution in [3.63, 3.8) is 0 Å². The Hall–Kier alpha value is -0.830. The van der Waals surface area contributed by atoms with E-state index in [1.807, 2.05) is 0 Å². The summed E-state index contributed by atoms with van der Waals surface area (Å²) in [6, 6.07) is 0.560. The molecule has 4 heteroatoms. The maximum Gasteiger partial charge on any atom is 0.137 e. The van der Waals surface area contributed by atoms with Gasteiger partial charge < -0.3 is 4.90 Å². The van der Waals surface area contributed by atoms with Crippen molar-refractivity contribution in [2.75, 3.05) is 11.4 Å². The predicted molar refractivity (Wildman–Crippen MR) is 67.1 cm³/mol. The fourth-order valence-corrected chi connectivity index (χ4v) is 2.61. The van der Waals surface area contributed by atoms with E-state index in [2.05, 4.69) is 28.7 Å². The number of hydrogen-bond acceptors (Lipinski definition) is 3. The van der Waals surface area contributed by atoms with E-state index in [-0.39, 0.29) is 0 Å². The van der Waals surface area contributed by atoms with Gasteiger partial charge in [-0.3, -0.25) is 0 Å². The van der Waals surface area contributed by atoms with E-state index in [9.17, 15) is 0 Å². The molecule has 0 saturated carbocycles. The van der Waals surface area contributed by atoms with Crippen LogP contribution in [0.1, 0.15) is 38.7 Å². The van der Waals surface area contributed by atoms with Crippen molar-refractivity contribution >= 4 is 17.4 Å². The molecular weight excluding hydrogens is 222 g/mol. The van der Waals surface area contributed by atoms with E-state index >= 15 is 0 Å². The molecule has 0 bridgehead atoms. The Morgan fingerprint density at radius 2 is 2.25 bits per heavy atom. The summed E-state index contributed by atoms with van der Waals surface area (Å²) >= 11 is 6.12. The van der Waals surface area contributed by atoms with Crippen molar-refractivity contribution < 1.29 is 0 Å². The molecule has 1 fully saturated rings. The molecule has 0 aromatic carbocycles. The van der Waals surface area contributed by atoms with Crippen molar-refractivity contribution in [2.45, 2.75) is 45.6 Å². The van der Waals surface area contributed by atoms with E-state index in [1.54, 1.807) is 6.33 Å². The third kappa shape index (κ3) is 2.14. The van der Waals surface area contributed by atoms with Gasteiger partial charge in [0, 0.05) is 18.2 Å². The first-order valence-corrected chi connectivity index (χ1v) is 6.37. The van der Waals surface area contributed by atoms with Crippen molar-refractivity contribution in [1.29, 1.82) is 0 Å². The fourth-order valence-electron chi connectivity index (χ4n) is 2.35. The molecule has 1 aromatic rings. The average Bonchev–Trinajstić information content (AvgIpc) is 2.29. The van der Waals surface area contributed by atoms with Crippen molar-refractivity contribution in [2.24, 2.45) is 0 Å². The van der Waals surface area contributed by atoms with Crippen LogP contribution in [0, 0.1) is 0 Å². The molecule has 16 heavy (non-hydrogen) atoms. The number of anilines is 1. The molecule has 2 rings (SSSR count). The minimum absolute atomic E-state index is 0.560. The van der Waals surface area contributed by atoms with Crippen LogP contribution in [0.3, 0.4) is 0 Å². The van der Waals surface area contributed by atoms with Gasteiger partial charge in [-0.1, -0.05) is 18.5 Å². The van der Waals surface area contributed by atoms with E-state index in [0.29, 0.717) is 11.2 Å². The van der Waals surface area contributed by atoms with Gasteiger partial charge in [-0.2, -0.15) is 0 Å². The molecule has 0 radical (unpaired) electrons.